The van der Waals surface area contributed by atoms with Gasteiger partial charge in [-0.3, -0.25) is 9.36 Å². The predicted octanol–water partition coefficient (Wildman–Crippen LogP) is 4.00. The van der Waals surface area contributed by atoms with Gasteiger partial charge in [0.1, 0.15) is 11.6 Å². The molecule has 1 heterocycles. The zero-order valence-electron chi connectivity index (χ0n) is 13.0. The fourth-order valence-corrected chi connectivity index (χ4v) is 3.05. The summed E-state index contributed by atoms with van der Waals surface area (Å²) in [7, 11) is 1.62. The third-order valence-electron chi connectivity index (χ3n) is 3.46. The molecule has 2 aromatic carbocycles. The zero-order chi connectivity index (χ0) is 16.9. The Labute approximate surface area is 143 Å². The third kappa shape index (κ3) is 3.65. The number of halogens is 1. The average molecular weight is 342 g/mol. The summed E-state index contributed by atoms with van der Waals surface area (Å²) in [4.78, 5) is 16.5. The number of imidazole rings is 1. The first-order chi connectivity index (χ1) is 11.7. The third-order valence-corrected chi connectivity index (χ3v) is 4.42. The zero-order valence-corrected chi connectivity index (χ0v) is 13.8. The van der Waals surface area contributed by atoms with E-state index >= 15 is 0 Å². The lowest BCUT2D eigenvalue weighted by Gasteiger charge is -2.08. The van der Waals surface area contributed by atoms with E-state index in [2.05, 4.69) is 4.98 Å². The summed E-state index contributed by atoms with van der Waals surface area (Å²) >= 11 is 1.34. The summed E-state index contributed by atoms with van der Waals surface area (Å²) in [5.41, 5.74) is 1.43. The molecule has 0 aliphatic rings. The van der Waals surface area contributed by atoms with E-state index in [1.54, 1.807) is 13.3 Å². The molecule has 1 aromatic heterocycles. The quantitative estimate of drug-likeness (QED) is 0.502. The van der Waals surface area contributed by atoms with Crippen LogP contribution in [0.2, 0.25) is 0 Å². The molecule has 0 unspecified atom stereocenters. The molecule has 0 aliphatic carbocycles. The number of rotatable bonds is 6. The van der Waals surface area contributed by atoms with Gasteiger partial charge in [-0.05, 0) is 48.5 Å². The van der Waals surface area contributed by atoms with Gasteiger partial charge < -0.3 is 4.74 Å². The van der Waals surface area contributed by atoms with Crippen molar-refractivity contribution in [1.82, 2.24) is 9.55 Å². The van der Waals surface area contributed by atoms with Gasteiger partial charge in [0.05, 0.1) is 12.9 Å². The van der Waals surface area contributed by atoms with Gasteiger partial charge >= 0.3 is 0 Å². The summed E-state index contributed by atoms with van der Waals surface area (Å²) in [5.74, 6) is 0.594. The van der Waals surface area contributed by atoms with Crippen LogP contribution in [0.3, 0.4) is 0 Å². The van der Waals surface area contributed by atoms with Crippen molar-refractivity contribution in [3.05, 3.63) is 72.3 Å². The lowest BCUT2D eigenvalue weighted by Crippen LogP contribution is -2.04. The number of methoxy groups -OCH3 is 1. The van der Waals surface area contributed by atoms with Crippen molar-refractivity contribution in [3.8, 4) is 11.4 Å². The molecule has 0 saturated heterocycles. The predicted molar refractivity (Wildman–Crippen MR) is 91.6 cm³/mol. The van der Waals surface area contributed by atoms with E-state index in [-0.39, 0.29) is 17.4 Å². The highest BCUT2D eigenvalue weighted by Crippen LogP contribution is 2.23. The SMILES string of the molecule is COc1ccc(-n2ccnc2SCC(=O)c2ccc(F)cc2)cc1. The molecule has 3 aromatic rings. The van der Waals surface area contributed by atoms with E-state index < -0.39 is 0 Å². The smallest absolute Gasteiger partial charge is 0.173 e. The van der Waals surface area contributed by atoms with E-state index in [1.165, 1.54) is 36.0 Å². The minimum atomic E-state index is -0.353. The molecule has 0 amide bonds. The second-order valence-electron chi connectivity index (χ2n) is 5.00. The van der Waals surface area contributed by atoms with Crippen molar-refractivity contribution in [3.63, 3.8) is 0 Å². The molecule has 0 saturated carbocycles. The number of hydrogen-bond acceptors (Lipinski definition) is 4. The number of ketones is 1. The first-order valence-electron chi connectivity index (χ1n) is 7.27. The highest BCUT2D eigenvalue weighted by atomic mass is 32.2. The Morgan fingerprint density at radius 1 is 1.17 bits per heavy atom. The van der Waals surface area contributed by atoms with Crippen molar-refractivity contribution in [2.45, 2.75) is 5.16 Å². The normalized spacial score (nSPS) is 10.6. The number of benzene rings is 2. The van der Waals surface area contributed by atoms with Gasteiger partial charge in [-0.15, -0.1) is 0 Å². The lowest BCUT2D eigenvalue weighted by atomic mass is 10.1. The fraction of sp³-hybridized carbons (Fsp3) is 0.111. The van der Waals surface area contributed by atoms with Crippen LogP contribution in [-0.2, 0) is 0 Å². The number of hydrogen-bond donors (Lipinski definition) is 0. The number of aromatic nitrogens is 2. The van der Waals surface area contributed by atoms with Crippen LogP contribution in [0.5, 0.6) is 5.75 Å². The van der Waals surface area contributed by atoms with Crippen molar-refractivity contribution >= 4 is 17.5 Å². The molecular formula is C18H15FN2O2S. The van der Waals surface area contributed by atoms with Gasteiger partial charge in [0, 0.05) is 23.6 Å². The maximum Gasteiger partial charge on any atom is 0.173 e. The highest BCUT2D eigenvalue weighted by Gasteiger charge is 2.11. The Kier molecular flexibility index (Phi) is 4.96. The molecule has 3 rings (SSSR count). The van der Waals surface area contributed by atoms with Gasteiger partial charge in [0.15, 0.2) is 10.9 Å². The number of nitrogens with zero attached hydrogens (tertiary/aromatic N) is 2. The van der Waals surface area contributed by atoms with Crippen LogP contribution in [0.4, 0.5) is 4.39 Å². The number of thioether (sulfide) groups is 1. The summed E-state index contributed by atoms with van der Waals surface area (Å²) in [6.45, 7) is 0. The van der Waals surface area contributed by atoms with Crippen LogP contribution in [0.25, 0.3) is 5.69 Å². The van der Waals surface area contributed by atoms with Gasteiger partial charge in [-0.25, -0.2) is 9.37 Å². The van der Waals surface area contributed by atoms with Crippen molar-refractivity contribution in [2.24, 2.45) is 0 Å². The molecule has 0 N–H and O–H groups in total. The summed E-state index contributed by atoms with van der Waals surface area (Å²) in [6.07, 6.45) is 3.53. The highest BCUT2D eigenvalue weighted by molar-refractivity contribution is 7.99. The topological polar surface area (TPSA) is 44.1 Å². The van der Waals surface area contributed by atoms with Crippen molar-refractivity contribution in [2.75, 3.05) is 12.9 Å². The molecule has 6 heteroatoms. The molecule has 0 atom stereocenters. The van der Waals surface area contributed by atoms with Gasteiger partial charge in [0.2, 0.25) is 0 Å². The largest absolute Gasteiger partial charge is 0.497 e. The van der Waals surface area contributed by atoms with Crippen LogP contribution >= 0.6 is 11.8 Å². The molecule has 0 spiro atoms. The molecule has 0 fully saturated rings. The average Bonchev–Trinajstić information content (AvgIpc) is 3.09. The van der Waals surface area contributed by atoms with Crippen molar-refractivity contribution < 1.29 is 13.9 Å². The lowest BCUT2D eigenvalue weighted by molar-refractivity contribution is 0.102. The minimum absolute atomic E-state index is 0.0655. The van der Waals surface area contributed by atoms with Crippen LogP contribution in [0.15, 0.2) is 66.1 Å². The molecule has 4 nitrogen and oxygen atoms in total. The molecule has 0 bridgehead atoms. The maximum absolute atomic E-state index is 12.9. The van der Waals surface area contributed by atoms with E-state index in [1.807, 2.05) is 35.0 Å². The Balaban J connectivity index is 1.71. The molecule has 122 valence electrons. The summed E-state index contributed by atoms with van der Waals surface area (Å²) in [6, 6.07) is 13.1. The fourth-order valence-electron chi connectivity index (χ4n) is 2.19. The number of carbonyl (C=O) groups excluding carboxylic acids is 1. The van der Waals surface area contributed by atoms with Gasteiger partial charge in [0.25, 0.3) is 0 Å². The van der Waals surface area contributed by atoms with E-state index in [4.69, 9.17) is 4.74 Å². The second kappa shape index (κ2) is 7.31. The van der Waals surface area contributed by atoms with E-state index in [9.17, 15) is 9.18 Å². The van der Waals surface area contributed by atoms with Gasteiger partial charge in [-0.2, -0.15) is 0 Å². The van der Waals surface area contributed by atoms with Gasteiger partial charge in [-0.1, -0.05) is 11.8 Å². The van der Waals surface area contributed by atoms with E-state index in [0.717, 1.165) is 16.6 Å². The Morgan fingerprint density at radius 3 is 2.54 bits per heavy atom. The second-order valence-corrected chi connectivity index (χ2v) is 5.94. The molecule has 0 radical (unpaired) electrons. The number of ether oxygens (including phenoxy) is 1. The minimum Gasteiger partial charge on any atom is -0.497 e. The monoisotopic (exact) mass is 342 g/mol. The molecule has 0 aliphatic heterocycles. The van der Waals surface area contributed by atoms with Crippen LogP contribution < -0.4 is 4.74 Å². The maximum atomic E-state index is 12.9. The Morgan fingerprint density at radius 2 is 1.88 bits per heavy atom. The summed E-state index contributed by atoms with van der Waals surface area (Å²) in [5, 5.41) is 0.718. The standard InChI is InChI=1S/C18H15FN2O2S/c1-23-16-8-6-15(7-9-16)21-11-10-20-18(21)24-12-17(22)13-2-4-14(19)5-3-13/h2-11H,12H2,1H3. The Bertz CT molecular complexity index is 829. The first-order valence-corrected chi connectivity index (χ1v) is 8.25. The first kappa shape index (κ1) is 16.3. The molecule has 24 heavy (non-hydrogen) atoms. The van der Waals surface area contributed by atoms with Crippen molar-refractivity contribution in [1.29, 1.82) is 0 Å². The number of Topliss-reactive ketones (excluding diaryl/α,β-unsaturated/α-hetero) is 1. The van der Waals surface area contributed by atoms with E-state index in [0.29, 0.717) is 5.56 Å². The van der Waals surface area contributed by atoms with Crippen LogP contribution in [-0.4, -0.2) is 28.2 Å². The van der Waals surface area contributed by atoms with Crippen LogP contribution in [0, 0.1) is 5.82 Å². The number of carbonyl (C=O) groups is 1. The molecular weight excluding hydrogens is 327 g/mol. The Hall–Kier alpha value is -2.60. The summed E-state index contributed by atoms with van der Waals surface area (Å²) < 4.78 is 20.0. The van der Waals surface area contributed by atoms with Crippen LogP contribution in [0.1, 0.15) is 10.4 Å².